The van der Waals surface area contributed by atoms with E-state index in [1.165, 1.54) is 23.1 Å². The third-order valence-electron chi connectivity index (χ3n) is 2.24. The number of thioether (sulfide) groups is 1. The Hall–Kier alpha value is -1.19. The van der Waals surface area contributed by atoms with Gasteiger partial charge in [0.15, 0.2) is 10.2 Å². The summed E-state index contributed by atoms with van der Waals surface area (Å²) in [6, 6.07) is 0. The van der Waals surface area contributed by atoms with E-state index in [-0.39, 0.29) is 0 Å². The molecule has 0 spiro atoms. The summed E-state index contributed by atoms with van der Waals surface area (Å²) in [7, 11) is 0. The van der Waals surface area contributed by atoms with Crippen molar-refractivity contribution in [3.05, 3.63) is 11.7 Å². The molecule has 1 N–H and O–H groups in total. The van der Waals surface area contributed by atoms with Crippen molar-refractivity contribution in [1.82, 2.24) is 20.3 Å². The minimum Gasteiger partial charge on any atom is -0.382 e. The van der Waals surface area contributed by atoms with Crippen molar-refractivity contribution < 1.29 is 9.26 Å². The Balaban J connectivity index is 1.69. The van der Waals surface area contributed by atoms with Crippen molar-refractivity contribution in [3.8, 4) is 0 Å². The number of anilines is 1. The number of nitrogens with one attached hydrogen (secondary N) is 1. The van der Waals surface area contributed by atoms with Crippen molar-refractivity contribution in [2.24, 2.45) is 0 Å². The van der Waals surface area contributed by atoms with E-state index in [0.717, 1.165) is 35.7 Å². The van der Waals surface area contributed by atoms with Gasteiger partial charge in [-0.15, -0.1) is 10.2 Å². The first-order valence-electron chi connectivity index (χ1n) is 6.35. The summed E-state index contributed by atoms with van der Waals surface area (Å²) in [5.74, 6) is 1.86. The first-order chi connectivity index (χ1) is 9.78. The van der Waals surface area contributed by atoms with Crippen LogP contribution in [0.15, 0.2) is 8.86 Å². The molecule has 0 amide bonds. The van der Waals surface area contributed by atoms with E-state index >= 15 is 0 Å². The maximum atomic E-state index is 5.27. The molecule has 0 aliphatic carbocycles. The molecule has 0 bridgehead atoms. The fourth-order valence-electron chi connectivity index (χ4n) is 1.38. The SMILES string of the molecule is CCOCCCNc1nnc(SCc2nc(C)no2)s1. The lowest BCUT2D eigenvalue weighted by atomic mass is 10.4. The van der Waals surface area contributed by atoms with E-state index in [1.54, 1.807) is 6.92 Å². The summed E-state index contributed by atoms with van der Waals surface area (Å²) in [5.41, 5.74) is 0. The summed E-state index contributed by atoms with van der Waals surface area (Å²) in [4.78, 5) is 4.14. The van der Waals surface area contributed by atoms with Gasteiger partial charge in [0.2, 0.25) is 11.0 Å². The molecule has 9 heteroatoms. The van der Waals surface area contributed by atoms with Crippen molar-refractivity contribution in [3.63, 3.8) is 0 Å². The quantitative estimate of drug-likeness (QED) is 0.557. The average molecular weight is 315 g/mol. The van der Waals surface area contributed by atoms with Gasteiger partial charge in [-0.3, -0.25) is 0 Å². The van der Waals surface area contributed by atoms with E-state index < -0.39 is 0 Å². The Morgan fingerprint density at radius 2 is 2.30 bits per heavy atom. The van der Waals surface area contributed by atoms with Gasteiger partial charge < -0.3 is 14.6 Å². The van der Waals surface area contributed by atoms with Crippen LogP contribution < -0.4 is 5.32 Å². The van der Waals surface area contributed by atoms with Crippen molar-refractivity contribution in [2.75, 3.05) is 25.1 Å². The van der Waals surface area contributed by atoms with Crippen LogP contribution in [0.3, 0.4) is 0 Å². The van der Waals surface area contributed by atoms with Gasteiger partial charge >= 0.3 is 0 Å². The molecule has 20 heavy (non-hydrogen) atoms. The lowest BCUT2D eigenvalue weighted by Gasteiger charge is -2.01. The van der Waals surface area contributed by atoms with E-state index in [1.807, 2.05) is 6.92 Å². The van der Waals surface area contributed by atoms with Gasteiger partial charge in [0, 0.05) is 19.8 Å². The molecule has 2 heterocycles. The number of aryl methyl sites for hydroxylation is 1. The number of ether oxygens (including phenoxy) is 1. The molecule has 0 fully saturated rings. The Labute approximate surface area is 125 Å². The Morgan fingerprint density at radius 1 is 1.40 bits per heavy atom. The molecule has 0 aliphatic rings. The largest absolute Gasteiger partial charge is 0.382 e. The van der Waals surface area contributed by atoms with E-state index in [0.29, 0.717) is 17.5 Å². The number of hydrogen-bond donors (Lipinski definition) is 1. The normalized spacial score (nSPS) is 10.9. The highest BCUT2D eigenvalue weighted by atomic mass is 32.2. The van der Waals surface area contributed by atoms with E-state index in [9.17, 15) is 0 Å². The minimum atomic E-state index is 0.605. The van der Waals surface area contributed by atoms with Crippen LogP contribution in [-0.2, 0) is 10.5 Å². The highest BCUT2D eigenvalue weighted by Gasteiger charge is 2.08. The molecule has 7 nitrogen and oxygen atoms in total. The predicted molar refractivity (Wildman–Crippen MR) is 78.1 cm³/mol. The van der Waals surface area contributed by atoms with Gasteiger partial charge in [-0.25, -0.2) is 0 Å². The van der Waals surface area contributed by atoms with Crippen LogP contribution in [0.5, 0.6) is 0 Å². The van der Waals surface area contributed by atoms with Crippen molar-refractivity contribution in [1.29, 1.82) is 0 Å². The highest BCUT2D eigenvalue weighted by molar-refractivity contribution is 8.00. The predicted octanol–water partition coefficient (Wildman–Crippen LogP) is 2.36. The number of hydrogen-bond acceptors (Lipinski definition) is 9. The van der Waals surface area contributed by atoms with Crippen LogP contribution in [-0.4, -0.2) is 40.1 Å². The molecule has 110 valence electrons. The van der Waals surface area contributed by atoms with Crippen LogP contribution in [0, 0.1) is 6.92 Å². The first kappa shape index (κ1) is 15.2. The molecule has 0 atom stereocenters. The fourth-order valence-corrected chi connectivity index (χ4v) is 2.99. The summed E-state index contributed by atoms with van der Waals surface area (Å²) < 4.78 is 11.2. The average Bonchev–Trinajstić information content (AvgIpc) is 3.05. The second-order valence-electron chi connectivity index (χ2n) is 3.87. The highest BCUT2D eigenvalue weighted by Crippen LogP contribution is 2.27. The lowest BCUT2D eigenvalue weighted by molar-refractivity contribution is 0.147. The monoisotopic (exact) mass is 315 g/mol. The molecule has 0 aromatic carbocycles. The number of rotatable bonds is 9. The minimum absolute atomic E-state index is 0.605. The summed E-state index contributed by atoms with van der Waals surface area (Å²) in [5, 5.41) is 16.0. The summed E-state index contributed by atoms with van der Waals surface area (Å²) in [6.45, 7) is 6.15. The van der Waals surface area contributed by atoms with E-state index in [2.05, 4.69) is 25.7 Å². The zero-order valence-corrected chi connectivity index (χ0v) is 13.1. The standard InChI is InChI=1S/C11H17N5O2S2/c1-3-17-6-4-5-12-10-14-15-11(20-10)19-7-9-13-8(2)16-18-9/h3-7H2,1-2H3,(H,12,14). The number of aromatic nitrogens is 4. The lowest BCUT2D eigenvalue weighted by Crippen LogP contribution is -2.05. The molecule has 0 saturated heterocycles. The second kappa shape index (κ2) is 8.18. The fraction of sp³-hybridized carbons (Fsp3) is 0.636. The second-order valence-corrected chi connectivity index (χ2v) is 6.07. The van der Waals surface area contributed by atoms with Crippen LogP contribution in [0.1, 0.15) is 25.1 Å². The van der Waals surface area contributed by atoms with Gasteiger partial charge in [-0.1, -0.05) is 28.3 Å². The molecular weight excluding hydrogens is 298 g/mol. The Bertz CT molecular complexity index is 516. The van der Waals surface area contributed by atoms with Crippen molar-refractivity contribution in [2.45, 2.75) is 30.4 Å². The van der Waals surface area contributed by atoms with Gasteiger partial charge in [0.05, 0.1) is 5.75 Å². The molecule has 2 aromatic heterocycles. The van der Waals surface area contributed by atoms with Crippen LogP contribution in [0.4, 0.5) is 5.13 Å². The molecular formula is C11H17N5O2S2. The molecule has 2 aromatic rings. The smallest absolute Gasteiger partial charge is 0.237 e. The zero-order chi connectivity index (χ0) is 14.2. The first-order valence-corrected chi connectivity index (χ1v) is 8.15. The third kappa shape index (κ3) is 5.06. The van der Waals surface area contributed by atoms with Crippen LogP contribution >= 0.6 is 23.1 Å². The van der Waals surface area contributed by atoms with Crippen LogP contribution in [0.25, 0.3) is 0 Å². The maximum absolute atomic E-state index is 5.27. The van der Waals surface area contributed by atoms with Gasteiger partial charge in [-0.2, -0.15) is 4.98 Å². The van der Waals surface area contributed by atoms with Gasteiger partial charge in [0.1, 0.15) is 0 Å². The zero-order valence-electron chi connectivity index (χ0n) is 11.5. The topological polar surface area (TPSA) is 86.0 Å². The van der Waals surface area contributed by atoms with Gasteiger partial charge in [-0.05, 0) is 20.3 Å². The van der Waals surface area contributed by atoms with E-state index in [4.69, 9.17) is 9.26 Å². The summed E-state index contributed by atoms with van der Waals surface area (Å²) in [6.07, 6.45) is 0.956. The molecule has 0 radical (unpaired) electrons. The molecule has 2 rings (SSSR count). The summed E-state index contributed by atoms with van der Waals surface area (Å²) >= 11 is 3.06. The molecule has 0 saturated carbocycles. The Morgan fingerprint density at radius 3 is 3.05 bits per heavy atom. The van der Waals surface area contributed by atoms with Crippen LogP contribution in [0.2, 0.25) is 0 Å². The van der Waals surface area contributed by atoms with Crippen molar-refractivity contribution >= 4 is 28.2 Å². The maximum Gasteiger partial charge on any atom is 0.237 e. The van der Waals surface area contributed by atoms with Gasteiger partial charge in [0.25, 0.3) is 0 Å². The number of nitrogens with zero attached hydrogens (tertiary/aromatic N) is 4. The molecule has 0 aliphatic heterocycles. The third-order valence-corrected chi connectivity index (χ3v) is 4.24. The Kier molecular flexibility index (Phi) is 6.22. The molecule has 0 unspecified atom stereocenters.